The second-order valence-corrected chi connectivity index (χ2v) is 3.48. The molecule has 0 aromatic carbocycles. The predicted molar refractivity (Wildman–Crippen MR) is 61.8 cm³/mol. The smallest absolute Gasteiger partial charge is 0.332 e. The lowest BCUT2D eigenvalue weighted by Crippen LogP contribution is -2.41. The van der Waals surface area contributed by atoms with Crippen molar-refractivity contribution in [3.05, 3.63) is 44.0 Å². The van der Waals surface area contributed by atoms with Gasteiger partial charge >= 0.3 is 5.97 Å². The molecule has 0 N–H and O–H groups in total. The summed E-state index contributed by atoms with van der Waals surface area (Å²) in [7, 11) is 1.38. The Labute approximate surface area is 95.3 Å². The highest BCUT2D eigenvalue weighted by Crippen LogP contribution is 2.28. The summed E-state index contributed by atoms with van der Waals surface area (Å²) in [5.74, 6) is -0.315. The number of allylic oxidation sites excluding steroid dienone is 2. The van der Waals surface area contributed by atoms with E-state index >= 15 is 0 Å². The van der Waals surface area contributed by atoms with Gasteiger partial charge in [-0.05, 0) is 12.8 Å². The Morgan fingerprint density at radius 2 is 2.12 bits per heavy atom. The van der Waals surface area contributed by atoms with E-state index in [2.05, 4.69) is 18.1 Å². The number of hydrogen-bond acceptors (Lipinski definition) is 3. The lowest BCUT2D eigenvalue weighted by Gasteiger charge is -2.30. The molecular formula is C12H16N2O2. The normalized spacial score (nSPS) is 10.8. The first-order valence-corrected chi connectivity index (χ1v) is 5.00. The predicted octanol–water partition coefficient (Wildman–Crippen LogP) is 1.90. The fourth-order valence-electron chi connectivity index (χ4n) is 1.75. The molecule has 0 aliphatic rings. The molecule has 4 nitrogen and oxygen atoms in total. The molecule has 0 aliphatic carbocycles. The number of imidazole rings is 1. The van der Waals surface area contributed by atoms with Crippen LogP contribution < -0.4 is 0 Å². The Morgan fingerprint density at radius 1 is 1.50 bits per heavy atom. The zero-order valence-electron chi connectivity index (χ0n) is 9.43. The molecular weight excluding hydrogens is 204 g/mol. The van der Waals surface area contributed by atoms with E-state index in [1.165, 1.54) is 7.11 Å². The number of aromatic nitrogens is 2. The van der Waals surface area contributed by atoms with E-state index in [0.29, 0.717) is 12.8 Å². The van der Waals surface area contributed by atoms with E-state index < -0.39 is 5.54 Å². The van der Waals surface area contributed by atoms with E-state index in [1.807, 2.05) is 0 Å². The van der Waals surface area contributed by atoms with Gasteiger partial charge in [0.2, 0.25) is 0 Å². The van der Waals surface area contributed by atoms with Gasteiger partial charge in [-0.25, -0.2) is 9.78 Å². The average Bonchev–Trinajstić information content (AvgIpc) is 2.81. The lowest BCUT2D eigenvalue weighted by atomic mass is 9.91. The molecule has 0 saturated heterocycles. The lowest BCUT2D eigenvalue weighted by molar-refractivity contribution is -0.151. The molecule has 1 aromatic heterocycles. The number of methoxy groups -OCH3 is 1. The molecule has 0 fully saturated rings. The monoisotopic (exact) mass is 220 g/mol. The number of esters is 1. The summed E-state index contributed by atoms with van der Waals surface area (Å²) >= 11 is 0. The molecule has 0 amide bonds. The first-order chi connectivity index (χ1) is 7.71. The molecule has 0 saturated carbocycles. The Bertz CT molecular complexity index is 358. The van der Waals surface area contributed by atoms with Crippen LogP contribution in [-0.2, 0) is 15.1 Å². The van der Waals surface area contributed by atoms with Crippen molar-refractivity contribution in [2.75, 3.05) is 7.11 Å². The summed E-state index contributed by atoms with van der Waals surface area (Å²) in [5.41, 5.74) is -0.811. The summed E-state index contributed by atoms with van der Waals surface area (Å²) < 4.78 is 6.60. The molecule has 0 bridgehead atoms. The minimum atomic E-state index is -0.811. The van der Waals surface area contributed by atoms with E-state index in [1.54, 1.807) is 35.4 Å². The summed E-state index contributed by atoms with van der Waals surface area (Å²) in [6.45, 7) is 7.36. The maximum Gasteiger partial charge on any atom is 0.332 e. The number of nitrogens with zero attached hydrogens (tertiary/aromatic N) is 2. The Balaban J connectivity index is 3.20. The molecule has 0 unspecified atom stereocenters. The third-order valence-corrected chi connectivity index (χ3v) is 2.53. The first kappa shape index (κ1) is 12.2. The summed E-state index contributed by atoms with van der Waals surface area (Å²) in [5, 5.41) is 0. The van der Waals surface area contributed by atoms with E-state index in [0.717, 1.165) is 0 Å². The van der Waals surface area contributed by atoms with Crippen molar-refractivity contribution in [3.8, 4) is 0 Å². The van der Waals surface area contributed by atoms with Crippen LogP contribution in [0.25, 0.3) is 0 Å². The van der Waals surface area contributed by atoms with Crippen LogP contribution in [0.4, 0.5) is 0 Å². The second kappa shape index (κ2) is 5.30. The molecule has 0 radical (unpaired) electrons. The van der Waals surface area contributed by atoms with Gasteiger partial charge in [0.05, 0.1) is 13.4 Å². The SMILES string of the molecule is C=CCC(CC=C)(C(=O)OC)n1ccnc1. The molecule has 1 rings (SSSR count). The summed E-state index contributed by atoms with van der Waals surface area (Å²) in [6.07, 6.45) is 9.31. The van der Waals surface area contributed by atoms with Gasteiger partial charge in [0, 0.05) is 12.4 Å². The molecule has 0 aliphatic heterocycles. The zero-order valence-corrected chi connectivity index (χ0v) is 9.43. The highest BCUT2D eigenvalue weighted by atomic mass is 16.5. The van der Waals surface area contributed by atoms with Crippen LogP contribution in [0, 0.1) is 0 Å². The van der Waals surface area contributed by atoms with Gasteiger partial charge in [0.1, 0.15) is 5.54 Å². The minimum absolute atomic E-state index is 0.315. The van der Waals surface area contributed by atoms with Crippen molar-refractivity contribution in [1.82, 2.24) is 9.55 Å². The number of hydrogen-bond donors (Lipinski definition) is 0. The van der Waals surface area contributed by atoms with Gasteiger partial charge in [-0.2, -0.15) is 0 Å². The standard InChI is InChI=1S/C12H16N2O2/c1-4-6-12(7-5-2,11(15)16-3)14-9-8-13-10-14/h4-5,8-10H,1-2,6-7H2,3H3. The van der Waals surface area contributed by atoms with Crippen molar-refractivity contribution in [1.29, 1.82) is 0 Å². The summed E-state index contributed by atoms with van der Waals surface area (Å²) in [4.78, 5) is 15.9. The minimum Gasteiger partial charge on any atom is -0.467 e. The molecule has 0 atom stereocenters. The van der Waals surface area contributed by atoms with E-state index in [9.17, 15) is 4.79 Å². The fraction of sp³-hybridized carbons (Fsp3) is 0.333. The maximum absolute atomic E-state index is 11.9. The van der Waals surface area contributed by atoms with Crippen LogP contribution in [0.15, 0.2) is 44.0 Å². The van der Waals surface area contributed by atoms with Crippen LogP contribution in [-0.4, -0.2) is 22.6 Å². The number of ether oxygens (including phenoxy) is 1. The molecule has 86 valence electrons. The maximum atomic E-state index is 11.9. The average molecular weight is 220 g/mol. The Morgan fingerprint density at radius 3 is 2.50 bits per heavy atom. The number of carbonyl (C=O) groups is 1. The van der Waals surface area contributed by atoms with Gasteiger partial charge in [-0.3, -0.25) is 0 Å². The molecule has 16 heavy (non-hydrogen) atoms. The van der Waals surface area contributed by atoms with Crippen LogP contribution in [0.3, 0.4) is 0 Å². The van der Waals surface area contributed by atoms with Gasteiger partial charge in [-0.1, -0.05) is 12.2 Å². The molecule has 4 heteroatoms. The van der Waals surface area contributed by atoms with Crippen LogP contribution in [0.5, 0.6) is 0 Å². The van der Waals surface area contributed by atoms with Crippen molar-refractivity contribution >= 4 is 5.97 Å². The Kier molecular flexibility index (Phi) is 4.05. The third-order valence-electron chi connectivity index (χ3n) is 2.53. The van der Waals surface area contributed by atoms with Crippen LogP contribution in [0.2, 0.25) is 0 Å². The van der Waals surface area contributed by atoms with Crippen LogP contribution >= 0.6 is 0 Å². The van der Waals surface area contributed by atoms with E-state index in [-0.39, 0.29) is 5.97 Å². The van der Waals surface area contributed by atoms with Gasteiger partial charge < -0.3 is 9.30 Å². The van der Waals surface area contributed by atoms with Crippen molar-refractivity contribution < 1.29 is 9.53 Å². The third kappa shape index (κ3) is 2.05. The fourth-order valence-corrected chi connectivity index (χ4v) is 1.75. The van der Waals surface area contributed by atoms with Crippen LogP contribution in [0.1, 0.15) is 12.8 Å². The highest BCUT2D eigenvalue weighted by molar-refractivity contribution is 5.79. The van der Waals surface area contributed by atoms with Crippen molar-refractivity contribution in [3.63, 3.8) is 0 Å². The topological polar surface area (TPSA) is 44.1 Å². The van der Waals surface area contributed by atoms with Gasteiger partial charge in [-0.15, -0.1) is 13.2 Å². The number of carbonyl (C=O) groups excluding carboxylic acids is 1. The Hall–Kier alpha value is -1.84. The molecule has 0 spiro atoms. The zero-order chi connectivity index (χ0) is 12.0. The van der Waals surface area contributed by atoms with Crippen molar-refractivity contribution in [2.24, 2.45) is 0 Å². The van der Waals surface area contributed by atoms with Gasteiger partial charge in [0.25, 0.3) is 0 Å². The van der Waals surface area contributed by atoms with Crippen molar-refractivity contribution in [2.45, 2.75) is 18.4 Å². The first-order valence-electron chi connectivity index (χ1n) is 5.00. The van der Waals surface area contributed by atoms with E-state index in [4.69, 9.17) is 4.74 Å². The number of rotatable bonds is 6. The quantitative estimate of drug-likeness (QED) is 0.543. The van der Waals surface area contributed by atoms with Gasteiger partial charge in [0.15, 0.2) is 0 Å². The summed E-state index contributed by atoms with van der Waals surface area (Å²) in [6, 6.07) is 0. The largest absolute Gasteiger partial charge is 0.467 e. The second-order valence-electron chi connectivity index (χ2n) is 3.48. The highest BCUT2D eigenvalue weighted by Gasteiger charge is 2.38. The molecule has 1 aromatic rings. The molecule has 1 heterocycles.